The first kappa shape index (κ1) is 33.8. The highest BCUT2D eigenvalue weighted by Crippen LogP contribution is 2.47. The Hall–Kier alpha value is -7.48. The van der Waals surface area contributed by atoms with E-state index < -0.39 is 0 Å². The first-order valence-electron chi connectivity index (χ1n) is 20.1. The van der Waals surface area contributed by atoms with E-state index in [2.05, 4.69) is 218 Å². The molecule has 1 heteroatoms. The number of para-hydroxylation sites is 2. The van der Waals surface area contributed by atoms with E-state index in [1.54, 1.807) is 0 Å². The SMILES string of the molecule is C=C/C=C\c1c(C)cc(-c2ccc3c(ccc4ccc5c(c6ccccc6n5-c5ccccc5)c43)c2)cc1-c1c2ccccc2c(-c2ccccc2)c2ccccc12. The normalized spacial score (nSPS) is 11.9. The predicted molar refractivity (Wildman–Crippen MR) is 251 cm³/mol. The van der Waals surface area contributed by atoms with Gasteiger partial charge in [0.2, 0.25) is 0 Å². The lowest BCUT2D eigenvalue weighted by atomic mass is 9.82. The third-order valence-electron chi connectivity index (χ3n) is 12.0. The van der Waals surface area contributed by atoms with Crippen LogP contribution in [0.3, 0.4) is 0 Å². The van der Waals surface area contributed by atoms with Gasteiger partial charge in [-0.15, -0.1) is 0 Å². The van der Waals surface area contributed by atoms with Crippen LogP contribution in [0.1, 0.15) is 11.1 Å². The van der Waals surface area contributed by atoms with Gasteiger partial charge < -0.3 is 4.57 Å². The summed E-state index contributed by atoms with van der Waals surface area (Å²) in [7, 11) is 0. The molecule has 0 radical (unpaired) electrons. The molecule has 10 aromatic carbocycles. The summed E-state index contributed by atoms with van der Waals surface area (Å²) in [6.45, 7) is 6.28. The first-order valence-corrected chi connectivity index (χ1v) is 20.1. The quantitative estimate of drug-likeness (QED) is 0.0910. The summed E-state index contributed by atoms with van der Waals surface area (Å²) >= 11 is 0. The topological polar surface area (TPSA) is 4.93 Å². The Morgan fingerprint density at radius 1 is 0.431 bits per heavy atom. The number of rotatable bonds is 6. The van der Waals surface area contributed by atoms with Crippen LogP contribution in [0.2, 0.25) is 0 Å². The molecule has 0 amide bonds. The molecule has 0 saturated carbocycles. The van der Waals surface area contributed by atoms with Crippen LogP contribution in [0, 0.1) is 6.92 Å². The molecule has 11 rings (SSSR count). The number of nitrogens with zero attached hydrogens (tertiary/aromatic N) is 1. The Bertz CT molecular complexity index is 3400. The van der Waals surface area contributed by atoms with E-state index in [9.17, 15) is 0 Å². The molecule has 58 heavy (non-hydrogen) atoms. The van der Waals surface area contributed by atoms with Crippen molar-refractivity contribution in [1.29, 1.82) is 0 Å². The van der Waals surface area contributed by atoms with Crippen molar-refractivity contribution in [2.24, 2.45) is 0 Å². The molecule has 0 aliphatic carbocycles. The average molecular weight is 738 g/mol. The summed E-state index contributed by atoms with van der Waals surface area (Å²) in [6.07, 6.45) is 6.15. The van der Waals surface area contributed by atoms with E-state index in [0.717, 1.165) is 0 Å². The van der Waals surface area contributed by atoms with E-state index >= 15 is 0 Å². The van der Waals surface area contributed by atoms with Gasteiger partial charge in [0.25, 0.3) is 0 Å². The summed E-state index contributed by atoms with van der Waals surface area (Å²) in [6, 6.07) is 69.2. The van der Waals surface area contributed by atoms with E-state index in [0.29, 0.717) is 0 Å². The zero-order chi connectivity index (χ0) is 38.7. The van der Waals surface area contributed by atoms with Crippen molar-refractivity contribution in [2.45, 2.75) is 6.92 Å². The van der Waals surface area contributed by atoms with Crippen LogP contribution in [-0.4, -0.2) is 4.57 Å². The minimum Gasteiger partial charge on any atom is -0.309 e. The van der Waals surface area contributed by atoms with Crippen molar-refractivity contribution in [3.05, 3.63) is 218 Å². The van der Waals surface area contributed by atoms with Crippen LogP contribution in [-0.2, 0) is 0 Å². The second-order valence-electron chi connectivity index (χ2n) is 15.3. The molecule has 272 valence electrons. The molecule has 0 bridgehead atoms. The molecule has 0 fully saturated rings. The van der Waals surface area contributed by atoms with Gasteiger partial charge in [-0.1, -0.05) is 176 Å². The van der Waals surface area contributed by atoms with Gasteiger partial charge in [0.05, 0.1) is 11.0 Å². The van der Waals surface area contributed by atoms with Crippen molar-refractivity contribution < 1.29 is 0 Å². The number of hydrogen-bond acceptors (Lipinski definition) is 0. The smallest absolute Gasteiger partial charge is 0.0547 e. The summed E-state index contributed by atoms with van der Waals surface area (Å²) in [5.41, 5.74) is 13.4. The zero-order valence-corrected chi connectivity index (χ0v) is 32.3. The number of benzene rings is 10. The van der Waals surface area contributed by atoms with Gasteiger partial charge >= 0.3 is 0 Å². The second-order valence-corrected chi connectivity index (χ2v) is 15.3. The minimum atomic E-state index is 1.17. The van der Waals surface area contributed by atoms with E-state index in [4.69, 9.17) is 0 Å². The van der Waals surface area contributed by atoms with Gasteiger partial charge in [-0.25, -0.2) is 0 Å². The number of hydrogen-bond donors (Lipinski definition) is 0. The summed E-state index contributed by atoms with van der Waals surface area (Å²) in [4.78, 5) is 0. The van der Waals surface area contributed by atoms with Crippen molar-refractivity contribution in [2.75, 3.05) is 0 Å². The lowest BCUT2D eigenvalue weighted by Gasteiger charge is -2.21. The maximum Gasteiger partial charge on any atom is 0.0547 e. The highest BCUT2D eigenvalue weighted by atomic mass is 15.0. The highest BCUT2D eigenvalue weighted by Gasteiger charge is 2.21. The largest absolute Gasteiger partial charge is 0.309 e. The lowest BCUT2D eigenvalue weighted by molar-refractivity contribution is 1.18. The van der Waals surface area contributed by atoms with Crippen LogP contribution in [0.4, 0.5) is 0 Å². The second kappa shape index (κ2) is 13.6. The van der Waals surface area contributed by atoms with Crippen LogP contribution in [0.25, 0.3) is 110 Å². The number of aryl methyl sites for hydroxylation is 1. The van der Waals surface area contributed by atoms with E-state index in [-0.39, 0.29) is 0 Å². The fraction of sp³-hybridized carbons (Fsp3) is 0.0175. The van der Waals surface area contributed by atoms with Crippen molar-refractivity contribution in [3.8, 4) is 39.1 Å². The molecule has 0 saturated heterocycles. The Kier molecular flexibility index (Phi) is 7.94. The number of allylic oxidation sites excluding steroid dienone is 2. The molecule has 0 aliphatic heterocycles. The van der Waals surface area contributed by atoms with Gasteiger partial charge in [0.1, 0.15) is 0 Å². The Morgan fingerprint density at radius 2 is 1.03 bits per heavy atom. The Morgan fingerprint density at radius 3 is 1.74 bits per heavy atom. The van der Waals surface area contributed by atoms with Gasteiger partial charge in [-0.3, -0.25) is 0 Å². The molecule has 0 aliphatic rings. The summed E-state index contributed by atoms with van der Waals surface area (Å²) in [5, 5.41) is 12.6. The van der Waals surface area contributed by atoms with Crippen LogP contribution >= 0.6 is 0 Å². The molecule has 1 heterocycles. The van der Waals surface area contributed by atoms with Gasteiger partial charge in [0, 0.05) is 16.5 Å². The molecular weight excluding hydrogens is 699 g/mol. The van der Waals surface area contributed by atoms with Gasteiger partial charge in [0.15, 0.2) is 0 Å². The third kappa shape index (κ3) is 5.25. The van der Waals surface area contributed by atoms with Gasteiger partial charge in [-0.2, -0.15) is 0 Å². The lowest BCUT2D eigenvalue weighted by Crippen LogP contribution is -1.95. The molecule has 0 spiro atoms. The maximum atomic E-state index is 4.03. The highest BCUT2D eigenvalue weighted by molar-refractivity contribution is 6.28. The zero-order valence-electron chi connectivity index (χ0n) is 32.3. The first-order chi connectivity index (χ1) is 28.7. The fourth-order valence-corrected chi connectivity index (χ4v) is 9.54. The Balaban J connectivity index is 1.16. The van der Waals surface area contributed by atoms with Crippen molar-refractivity contribution in [3.63, 3.8) is 0 Å². The Labute approximate surface area is 338 Å². The average Bonchev–Trinajstić information content (AvgIpc) is 3.62. The van der Waals surface area contributed by atoms with Crippen LogP contribution < -0.4 is 0 Å². The van der Waals surface area contributed by atoms with Crippen molar-refractivity contribution in [1.82, 2.24) is 4.57 Å². The number of aromatic nitrogens is 1. The number of fused-ring (bicyclic) bond motifs is 9. The van der Waals surface area contributed by atoms with Crippen molar-refractivity contribution >= 4 is 71.0 Å². The third-order valence-corrected chi connectivity index (χ3v) is 12.0. The van der Waals surface area contributed by atoms with E-state index in [1.807, 2.05) is 6.08 Å². The molecule has 0 unspecified atom stereocenters. The fourth-order valence-electron chi connectivity index (χ4n) is 9.54. The molecule has 11 aromatic rings. The summed E-state index contributed by atoms with van der Waals surface area (Å²) in [5.74, 6) is 0. The predicted octanol–water partition coefficient (Wildman–Crippen LogP) is 15.9. The molecule has 1 nitrogen and oxygen atoms in total. The standard InChI is InChI=1S/C57H39N/c1-3-4-21-44-37(2)34-42(36-51(44)56-48-24-13-11-22-46(48)54(38-17-7-5-8-18-38)47-23-12-14-25-49(47)56)40-30-32-45-41(35-40)29-28-39-31-33-53-57(55(39)45)50-26-15-16-27-52(50)58(53)43-19-9-6-10-20-43/h3-36H,1H2,2H3/b21-4-. The van der Waals surface area contributed by atoms with E-state index in [1.165, 1.54) is 115 Å². The maximum absolute atomic E-state index is 4.03. The van der Waals surface area contributed by atoms with Crippen LogP contribution in [0.5, 0.6) is 0 Å². The molecule has 0 atom stereocenters. The minimum absolute atomic E-state index is 1.17. The monoisotopic (exact) mass is 737 g/mol. The molecule has 1 aromatic heterocycles. The summed E-state index contributed by atoms with van der Waals surface area (Å²) < 4.78 is 2.41. The molecular formula is C57H39N. The van der Waals surface area contributed by atoms with Crippen LogP contribution in [0.15, 0.2) is 207 Å². The van der Waals surface area contributed by atoms with Gasteiger partial charge in [-0.05, 0) is 131 Å². The molecule has 0 N–H and O–H groups in total.